The van der Waals surface area contributed by atoms with Crippen LogP contribution in [0.15, 0.2) is 47.5 Å². The number of aromatic nitrogens is 2. The van der Waals surface area contributed by atoms with Crippen molar-refractivity contribution in [2.45, 2.75) is 63.8 Å². The van der Waals surface area contributed by atoms with Crippen molar-refractivity contribution >= 4 is 39.9 Å². The number of hydrogen-bond acceptors (Lipinski definition) is 5. The first kappa shape index (κ1) is 31.0. The predicted molar refractivity (Wildman–Crippen MR) is 148 cm³/mol. The standard InChI is InChI=1S/C29H27F7N4O2S/c1-27(2,3)38-9-8-23(21(30)15-38)40-25(41)24(43-26(40)42)11-16-4-7-22-18(10-16)13-37-39(22)14-17-5-6-19(28(31,32)33)12-20(17)29(34,35)36/h4-7,10-13,21,23H,8-9,14-15H2,1-3H3/b24-11-/t21-,23?/m1/s1. The average molecular weight is 629 g/mol. The number of carbonyl (C=O) groups is 2. The number of thioether (sulfide) groups is 1. The highest BCUT2D eigenvalue weighted by molar-refractivity contribution is 8.18. The lowest BCUT2D eigenvalue weighted by molar-refractivity contribution is -0.143. The van der Waals surface area contributed by atoms with Gasteiger partial charge in [0.25, 0.3) is 11.1 Å². The van der Waals surface area contributed by atoms with Crippen LogP contribution >= 0.6 is 11.8 Å². The summed E-state index contributed by atoms with van der Waals surface area (Å²) in [5.41, 5.74) is -2.54. The molecule has 0 radical (unpaired) electrons. The van der Waals surface area contributed by atoms with Crippen molar-refractivity contribution < 1.29 is 40.3 Å². The molecule has 3 aromatic rings. The van der Waals surface area contributed by atoms with Crippen molar-refractivity contribution in [3.8, 4) is 0 Å². The number of hydrogen-bond donors (Lipinski definition) is 0. The summed E-state index contributed by atoms with van der Waals surface area (Å²) in [6, 6.07) is 5.35. The van der Waals surface area contributed by atoms with E-state index in [2.05, 4.69) is 5.10 Å². The number of rotatable bonds is 4. The van der Waals surface area contributed by atoms with Crippen LogP contribution in [0.4, 0.5) is 35.5 Å². The van der Waals surface area contributed by atoms with Crippen molar-refractivity contribution in [3.63, 3.8) is 0 Å². The molecule has 2 saturated heterocycles. The van der Waals surface area contributed by atoms with E-state index in [1.807, 2.05) is 25.7 Å². The van der Waals surface area contributed by atoms with Gasteiger partial charge < -0.3 is 0 Å². The Morgan fingerprint density at radius 3 is 2.35 bits per heavy atom. The summed E-state index contributed by atoms with van der Waals surface area (Å²) in [7, 11) is 0. The third kappa shape index (κ3) is 6.30. The molecule has 5 rings (SSSR count). The second kappa shape index (κ2) is 11.0. The van der Waals surface area contributed by atoms with Crippen molar-refractivity contribution in [1.82, 2.24) is 19.6 Å². The molecule has 2 aliphatic heterocycles. The first-order valence-electron chi connectivity index (χ1n) is 13.3. The second-order valence-electron chi connectivity index (χ2n) is 11.5. The fraction of sp³-hybridized carbons (Fsp3) is 0.414. The van der Waals surface area contributed by atoms with Crippen LogP contribution in [-0.2, 0) is 23.7 Å². The molecular weight excluding hydrogens is 601 g/mol. The molecule has 6 nitrogen and oxygen atoms in total. The lowest BCUT2D eigenvalue weighted by Gasteiger charge is -2.43. The Morgan fingerprint density at radius 1 is 1.00 bits per heavy atom. The highest BCUT2D eigenvalue weighted by Crippen LogP contribution is 2.39. The maximum absolute atomic E-state index is 15.1. The molecule has 0 saturated carbocycles. The molecular formula is C29H27F7N4O2S. The third-order valence-electron chi connectivity index (χ3n) is 7.64. The summed E-state index contributed by atoms with van der Waals surface area (Å²) in [6.45, 7) is 6.11. The normalized spacial score (nSPS) is 21.9. The Bertz CT molecular complexity index is 1610. The fourth-order valence-corrected chi connectivity index (χ4v) is 6.23. The summed E-state index contributed by atoms with van der Waals surface area (Å²) < 4.78 is 96.3. The van der Waals surface area contributed by atoms with Crippen LogP contribution in [0.1, 0.15) is 49.4 Å². The van der Waals surface area contributed by atoms with Gasteiger partial charge in [0.1, 0.15) is 6.17 Å². The van der Waals surface area contributed by atoms with Gasteiger partial charge in [-0.25, -0.2) is 4.39 Å². The molecule has 2 aromatic carbocycles. The molecule has 0 bridgehead atoms. The summed E-state index contributed by atoms with van der Waals surface area (Å²) in [5.74, 6) is -0.593. The summed E-state index contributed by atoms with van der Waals surface area (Å²) in [6.07, 6.45) is -8.17. The van der Waals surface area contributed by atoms with Crippen LogP contribution in [0.25, 0.3) is 17.0 Å². The number of carbonyl (C=O) groups excluding carboxylic acids is 2. The Kier molecular flexibility index (Phi) is 7.91. The summed E-state index contributed by atoms with van der Waals surface area (Å²) in [4.78, 5) is 29.0. The van der Waals surface area contributed by atoms with Crippen LogP contribution in [0.3, 0.4) is 0 Å². The topological polar surface area (TPSA) is 58.4 Å². The number of fused-ring (bicyclic) bond motifs is 1. The minimum atomic E-state index is -5.01. The van der Waals surface area contributed by atoms with E-state index in [-0.39, 0.29) is 28.6 Å². The SMILES string of the molecule is CC(C)(C)N1CCC(N2C(=O)S/C(=C\c3ccc4c(cnn4Cc4ccc(C(F)(F)F)cc4C(F)(F)F)c3)C2=O)[C@H](F)C1. The van der Waals surface area contributed by atoms with Crippen molar-refractivity contribution in [1.29, 1.82) is 0 Å². The molecule has 0 aliphatic carbocycles. The zero-order chi connectivity index (χ0) is 31.5. The van der Waals surface area contributed by atoms with E-state index in [1.54, 1.807) is 18.2 Å². The monoisotopic (exact) mass is 628 g/mol. The zero-order valence-corrected chi connectivity index (χ0v) is 24.1. The van der Waals surface area contributed by atoms with Gasteiger partial charge >= 0.3 is 12.4 Å². The van der Waals surface area contributed by atoms with Crippen LogP contribution in [-0.4, -0.2) is 61.6 Å². The fourth-order valence-electron chi connectivity index (χ4n) is 5.35. The Morgan fingerprint density at radius 2 is 1.72 bits per heavy atom. The van der Waals surface area contributed by atoms with Gasteiger partial charge in [0.2, 0.25) is 0 Å². The molecule has 1 unspecified atom stereocenters. The van der Waals surface area contributed by atoms with E-state index in [1.165, 1.54) is 17.0 Å². The van der Waals surface area contributed by atoms with Gasteiger partial charge in [0.05, 0.1) is 40.3 Å². The molecule has 2 fully saturated rings. The van der Waals surface area contributed by atoms with Crippen LogP contribution in [0.5, 0.6) is 0 Å². The van der Waals surface area contributed by atoms with Crippen LogP contribution in [0.2, 0.25) is 0 Å². The molecule has 3 heterocycles. The molecule has 230 valence electrons. The number of likely N-dealkylation sites (tertiary alicyclic amines) is 1. The highest BCUT2D eigenvalue weighted by Gasteiger charge is 2.46. The predicted octanol–water partition coefficient (Wildman–Crippen LogP) is 7.37. The third-order valence-corrected chi connectivity index (χ3v) is 8.52. The number of nitrogens with zero attached hydrogens (tertiary/aromatic N) is 4. The first-order chi connectivity index (χ1) is 19.9. The minimum Gasteiger partial charge on any atom is -0.295 e. The van der Waals surface area contributed by atoms with Gasteiger partial charge in [0, 0.05) is 24.0 Å². The maximum Gasteiger partial charge on any atom is 0.416 e. The molecule has 0 N–H and O–H groups in total. The molecule has 0 spiro atoms. The quantitative estimate of drug-likeness (QED) is 0.223. The largest absolute Gasteiger partial charge is 0.416 e. The highest BCUT2D eigenvalue weighted by atomic mass is 32.2. The number of imide groups is 1. The Labute approximate surface area is 246 Å². The van der Waals surface area contributed by atoms with E-state index in [9.17, 15) is 35.9 Å². The van der Waals surface area contributed by atoms with Crippen LogP contribution < -0.4 is 0 Å². The van der Waals surface area contributed by atoms with Gasteiger partial charge in [-0.15, -0.1) is 0 Å². The molecule has 2 amide bonds. The average Bonchev–Trinajstić information content (AvgIpc) is 3.41. The lowest BCUT2D eigenvalue weighted by atomic mass is 9.96. The first-order valence-corrected chi connectivity index (χ1v) is 14.1. The Hall–Kier alpha value is -3.39. The summed E-state index contributed by atoms with van der Waals surface area (Å²) in [5, 5.41) is 4.05. The second-order valence-corrected chi connectivity index (χ2v) is 12.5. The maximum atomic E-state index is 15.1. The smallest absolute Gasteiger partial charge is 0.295 e. The van der Waals surface area contributed by atoms with E-state index in [4.69, 9.17) is 0 Å². The zero-order valence-electron chi connectivity index (χ0n) is 23.3. The van der Waals surface area contributed by atoms with E-state index in [0.29, 0.717) is 47.3 Å². The number of halogens is 7. The van der Waals surface area contributed by atoms with Gasteiger partial charge in [-0.2, -0.15) is 31.4 Å². The number of alkyl halides is 7. The minimum absolute atomic E-state index is 0.0885. The lowest BCUT2D eigenvalue weighted by Crippen LogP contribution is -2.57. The molecule has 1 aromatic heterocycles. The van der Waals surface area contributed by atoms with E-state index < -0.39 is 53.4 Å². The molecule has 2 aliphatic rings. The van der Waals surface area contributed by atoms with Gasteiger partial charge in [-0.05, 0) is 80.4 Å². The molecule has 14 heteroatoms. The summed E-state index contributed by atoms with van der Waals surface area (Å²) >= 11 is 0.709. The molecule has 43 heavy (non-hydrogen) atoms. The van der Waals surface area contributed by atoms with Gasteiger partial charge in [-0.3, -0.25) is 24.1 Å². The van der Waals surface area contributed by atoms with Crippen molar-refractivity contribution in [2.24, 2.45) is 0 Å². The van der Waals surface area contributed by atoms with E-state index in [0.717, 1.165) is 11.0 Å². The van der Waals surface area contributed by atoms with Crippen LogP contribution in [0, 0.1) is 0 Å². The number of piperidine rings is 1. The van der Waals surface area contributed by atoms with E-state index >= 15 is 4.39 Å². The molecule has 2 atom stereocenters. The van der Waals surface area contributed by atoms with Crippen molar-refractivity contribution in [3.05, 3.63) is 69.8 Å². The van der Waals surface area contributed by atoms with Crippen molar-refractivity contribution in [2.75, 3.05) is 13.1 Å². The number of amides is 2. The number of benzene rings is 2. The van der Waals surface area contributed by atoms with Gasteiger partial charge in [-0.1, -0.05) is 12.1 Å². The Balaban J connectivity index is 1.36. The van der Waals surface area contributed by atoms with Gasteiger partial charge in [0.15, 0.2) is 0 Å².